The van der Waals surface area contributed by atoms with Crippen LogP contribution in [-0.4, -0.2) is 22.9 Å². The van der Waals surface area contributed by atoms with Gasteiger partial charge in [0.05, 0.1) is 18.8 Å². The van der Waals surface area contributed by atoms with Gasteiger partial charge in [-0.3, -0.25) is 4.79 Å². The monoisotopic (exact) mass is 736 g/mol. The second-order valence-electron chi connectivity index (χ2n) is 14.4. The van der Waals surface area contributed by atoms with Gasteiger partial charge in [-0.15, -0.1) is 11.8 Å². The van der Waals surface area contributed by atoms with Crippen LogP contribution in [0.25, 0.3) is 0 Å². The van der Waals surface area contributed by atoms with Crippen LogP contribution in [0.3, 0.4) is 0 Å². The molecule has 0 radical (unpaired) electrons. The van der Waals surface area contributed by atoms with E-state index < -0.39 is 6.29 Å². The molecule has 5 rings (SSSR count). The third kappa shape index (κ3) is 13.0. The molecule has 284 valence electrons. The molecular weight excluding hydrogens is 677 g/mol. The highest BCUT2D eigenvalue weighted by molar-refractivity contribution is 7.99. The fraction of sp³-hybridized carbons (Fsp3) is 0.457. The minimum absolute atomic E-state index is 0.0186. The van der Waals surface area contributed by atoms with Crippen LogP contribution < -0.4 is 11.1 Å². The predicted molar refractivity (Wildman–Crippen MR) is 220 cm³/mol. The zero-order valence-corrected chi connectivity index (χ0v) is 32.4. The largest absolute Gasteiger partial charge is 0.398 e. The van der Waals surface area contributed by atoms with E-state index in [9.17, 15) is 9.90 Å². The number of nitrogens with two attached hydrogens (primary N) is 1. The summed E-state index contributed by atoms with van der Waals surface area (Å²) in [5.41, 5.74) is 11.7. The number of rotatable bonds is 22. The quantitative estimate of drug-likeness (QED) is 0.0422. The van der Waals surface area contributed by atoms with Crippen molar-refractivity contribution in [3.05, 3.63) is 125 Å². The van der Waals surface area contributed by atoms with Gasteiger partial charge in [-0.1, -0.05) is 163 Å². The summed E-state index contributed by atoms with van der Waals surface area (Å²) in [5.74, 6) is 0.596. The number of nitrogen functional groups attached to an aromatic ring is 1. The Morgan fingerprint density at radius 2 is 1.32 bits per heavy atom. The first-order valence-electron chi connectivity index (χ1n) is 20.0. The maximum absolute atomic E-state index is 13.0. The molecule has 0 aromatic heterocycles. The topological polar surface area (TPSA) is 93.8 Å². The summed E-state index contributed by atoms with van der Waals surface area (Å²) in [7, 11) is 0. The first kappa shape index (κ1) is 40.6. The maximum Gasteiger partial charge on any atom is 0.224 e. The molecular formula is C46H60N2O4S. The molecule has 7 heteroatoms. The van der Waals surface area contributed by atoms with Crippen molar-refractivity contribution in [2.45, 2.75) is 133 Å². The van der Waals surface area contributed by atoms with Gasteiger partial charge in [0.2, 0.25) is 5.91 Å². The zero-order chi connectivity index (χ0) is 37.1. The average molecular weight is 737 g/mol. The smallest absolute Gasteiger partial charge is 0.224 e. The van der Waals surface area contributed by atoms with E-state index in [0.717, 1.165) is 51.4 Å². The van der Waals surface area contributed by atoms with E-state index in [0.29, 0.717) is 12.2 Å². The molecule has 4 N–H and O–H groups in total. The van der Waals surface area contributed by atoms with Crippen LogP contribution in [-0.2, 0) is 20.9 Å². The standard InChI is InChI=1S/C46H60N2O4S/c1-2-3-4-5-6-7-8-9-10-11-12-13-17-27-43(50)48-39-24-20-23-38(32-39)46-51-41(34-53-42-26-19-18-25-40(42)47)44(36-21-15-14-16-22-36)45(52-46)37-30-28-35(33-49)29-31-37/h14-16,18-26,28-32,41,44-46,49H,2-13,17,27,33-34,47H2,1H3,(H,48,50)/t41-,44-,45+,46?/m1/s1. The van der Waals surface area contributed by atoms with Gasteiger partial charge < -0.3 is 25.6 Å². The molecule has 1 aliphatic rings. The van der Waals surface area contributed by atoms with E-state index in [4.69, 9.17) is 15.2 Å². The molecule has 1 unspecified atom stereocenters. The second-order valence-corrected chi connectivity index (χ2v) is 15.5. The Morgan fingerprint density at radius 1 is 0.698 bits per heavy atom. The second kappa shape index (κ2) is 22.6. The fourth-order valence-electron chi connectivity index (χ4n) is 7.23. The molecule has 4 aromatic rings. The molecule has 1 saturated heterocycles. The van der Waals surface area contributed by atoms with Crippen molar-refractivity contribution in [1.82, 2.24) is 0 Å². The van der Waals surface area contributed by atoms with Crippen LogP contribution in [0.1, 0.15) is 137 Å². The summed E-state index contributed by atoms with van der Waals surface area (Å²) < 4.78 is 13.8. The van der Waals surface area contributed by atoms with Crippen molar-refractivity contribution >= 4 is 29.0 Å². The zero-order valence-electron chi connectivity index (χ0n) is 31.6. The fourth-order valence-corrected chi connectivity index (χ4v) is 8.26. The number of aliphatic hydroxyl groups is 1. The SMILES string of the molecule is CCCCCCCCCCCCCCCC(=O)Nc1cccc(C2O[C@H](CSc3ccccc3N)[C@@H](c3ccccc3)[C@H](c3ccc(CO)cc3)O2)c1. The number of para-hydroxylation sites is 1. The molecule has 1 amide bonds. The van der Waals surface area contributed by atoms with Crippen LogP contribution in [0, 0.1) is 0 Å². The number of carbonyl (C=O) groups excluding carboxylic acids is 1. The normalized spacial score (nSPS) is 18.5. The molecule has 0 spiro atoms. The van der Waals surface area contributed by atoms with Gasteiger partial charge in [0.25, 0.3) is 0 Å². The lowest BCUT2D eigenvalue weighted by molar-refractivity contribution is -0.255. The van der Waals surface area contributed by atoms with Crippen molar-refractivity contribution in [2.75, 3.05) is 16.8 Å². The minimum Gasteiger partial charge on any atom is -0.398 e. The summed E-state index contributed by atoms with van der Waals surface area (Å²) in [6.45, 7) is 2.25. The van der Waals surface area contributed by atoms with Crippen LogP contribution in [0.5, 0.6) is 0 Å². The van der Waals surface area contributed by atoms with E-state index in [-0.39, 0.29) is 30.6 Å². The highest BCUT2D eigenvalue weighted by Gasteiger charge is 2.42. The number of carbonyl (C=O) groups is 1. The molecule has 0 saturated carbocycles. The summed E-state index contributed by atoms with van der Waals surface area (Å²) in [6, 6.07) is 34.2. The number of aliphatic hydroxyl groups excluding tert-OH is 1. The number of benzene rings is 4. The highest BCUT2D eigenvalue weighted by atomic mass is 32.2. The van der Waals surface area contributed by atoms with Gasteiger partial charge in [0, 0.05) is 39.9 Å². The number of ether oxygens (including phenoxy) is 2. The molecule has 4 aromatic carbocycles. The molecule has 1 aliphatic heterocycles. The first-order valence-corrected chi connectivity index (χ1v) is 21.0. The predicted octanol–water partition coefficient (Wildman–Crippen LogP) is 11.9. The highest BCUT2D eigenvalue weighted by Crippen LogP contribution is 2.48. The van der Waals surface area contributed by atoms with Gasteiger partial charge in [0.15, 0.2) is 6.29 Å². The number of anilines is 2. The Morgan fingerprint density at radius 3 is 1.98 bits per heavy atom. The molecule has 6 nitrogen and oxygen atoms in total. The summed E-state index contributed by atoms with van der Waals surface area (Å²) in [6.07, 6.45) is 16.0. The van der Waals surface area contributed by atoms with Crippen LogP contribution in [0.2, 0.25) is 0 Å². The van der Waals surface area contributed by atoms with Gasteiger partial charge in [-0.2, -0.15) is 0 Å². The van der Waals surface area contributed by atoms with Crippen molar-refractivity contribution in [3.63, 3.8) is 0 Å². The van der Waals surface area contributed by atoms with Crippen molar-refractivity contribution in [3.8, 4) is 0 Å². The molecule has 1 fully saturated rings. The lowest BCUT2D eigenvalue weighted by atomic mass is 9.84. The van der Waals surface area contributed by atoms with Crippen molar-refractivity contribution in [2.24, 2.45) is 0 Å². The van der Waals surface area contributed by atoms with Crippen molar-refractivity contribution in [1.29, 1.82) is 0 Å². The lowest BCUT2D eigenvalue weighted by Crippen LogP contribution is -2.38. The van der Waals surface area contributed by atoms with Gasteiger partial charge in [0.1, 0.15) is 0 Å². The lowest BCUT2D eigenvalue weighted by Gasteiger charge is -2.43. The van der Waals surface area contributed by atoms with E-state index in [1.807, 2.05) is 78.9 Å². The average Bonchev–Trinajstić information content (AvgIpc) is 3.19. The number of unbranched alkanes of at least 4 members (excludes halogenated alkanes) is 12. The Kier molecular flexibility index (Phi) is 17.3. The Bertz CT molecular complexity index is 1630. The van der Waals surface area contributed by atoms with Gasteiger partial charge in [-0.05, 0) is 47.4 Å². The third-order valence-corrected chi connectivity index (χ3v) is 11.4. The van der Waals surface area contributed by atoms with E-state index in [2.05, 4.69) is 36.5 Å². The maximum atomic E-state index is 13.0. The summed E-state index contributed by atoms with van der Waals surface area (Å²) >= 11 is 1.69. The Hall–Kier alpha value is -3.62. The number of amides is 1. The van der Waals surface area contributed by atoms with Crippen LogP contribution >= 0.6 is 11.8 Å². The van der Waals surface area contributed by atoms with E-state index >= 15 is 0 Å². The van der Waals surface area contributed by atoms with Gasteiger partial charge in [-0.25, -0.2) is 0 Å². The van der Waals surface area contributed by atoms with Crippen LogP contribution in [0.15, 0.2) is 108 Å². The summed E-state index contributed by atoms with van der Waals surface area (Å²) in [4.78, 5) is 14.0. The first-order chi connectivity index (χ1) is 26.1. The minimum atomic E-state index is -0.658. The molecule has 53 heavy (non-hydrogen) atoms. The van der Waals surface area contributed by atoms with Gasteiger partial charge >= 0.3 is 0 Å². The molecule has 0 aliphatic carbocycles. The number of hydrogen-bond acceptors (Lipinski definition) is 6. The molecule has 1 heterocycles. The van der Waals surface area contributed by atoms with E-state index in [1.165, 1.54) is 70.6 Å². The third-order valence-electron chi connectivity index (χ3n) is 10.2. The van der Waals surface area contributed by atoms with Crippen LogP contribution in [0.4, 0.5) is 11.4 Å². The number of hydrogen-bond donors (Lipinski definition) is 3. The summed E-state index contributed by atoms with van der Waals surface area (Å²) in [5, 5.41) is 12.9. The molecule has 0 bridgehead atoms. The van der Waals surface area contributed by atoms with Crippen molar-refractivity contribution < 1.29 is 19.4 Å². The Balaban J connectivity index is 1.20. The number of thioether (sulfide) groups is 1. The molecule has 4 atom stereocenters. The Labute approximate surface area is 322 Å². The van der Waals surface area contributed by atoms with E-state index in [1.54, 1.807) is 11.8 Å². The number of nitrogens with one attached hydrogen (secondary N) is 1.